The predicted octanol–water partition coefficient (Wildman–Crippen LogP) is 5.74. The van der Waals surface area contributed by atoms with Crippen LogP contribution in [0.1, 0.15) is 80.8 Å². The van der Waals surface area contributed by atoms with E-state index in [1.165, 1.54) is 6.92 Å². The largest absolute Gasteiger partial charge is 0.352 e. The number of hydrogen-bond acceptors (Lipinski definition) is 5. The maximum atomic E-state index is 15.3. The molecule has 3 aromatic heterocycles. The summed E-state index contributed by atoms with van der Waals surface area (Å²) in [7, 11) is 0. The molecule has 42 heavy (non-hydrogen) atoms. The topological polar surface area (TPSA) is 98.2 Å². The first-order valence-corrected chi connectivity index (χ1v) is 14.6. The molecule has 6 rings (SSSR count). The van der Waals surface area contributed by atoms with Crippen molar-refractivity contribution in [3.63, 3.8) is 0 Å². The molecule has 2 saturated carbocycles. The van der Waals surface area contributed by atoms with Crippen LogP contribution >= 0.6 is 0 Å². The van der Waals surface area contributed by atoms with Crippen LogP contribution < -0.4 is 11.1 Å². The fourth-order valence-electron chi connectivity index (χ4n) is 6.97. The zero-order valence-corrected chi connectivity index (χ0v) is 23.8. The molecule has 2 aliphatic rings. The number of hydrogen-bond donors (Lipinski definition) is 2. The zero-order valence-electron chi connectivity index (χ0n) is 23.8. The molecule has 1 aromatic carbocycles. The lowest BCUT2D eigenvalue weighted by molar-refractivity contribution is -0.120. The second kappa shape index (κ2) is 11.1. The van der Waals surface area contributed by atoms with E-state index in [1.807, 2.05) is 12.3 Å². The number of rotatable bonds is 6. The van der Waals surface area contributed by atoms with Gasteiger partial charge in [0.1, 0.15) is 23.1 Å². The number of carbonyl (C=O) groups excluding carboxylic acids is 1. The van der Waals surface area contributed by atoms with Crippen molar-refractivity contribution in [1.29, 1.82) is 0 Å². The van der Waals surface area contributed by atoms with Crippen LogP contribution in [0.5, 0.6) is 0 Å². The maximum absolute atomic E-state index is 15.3. The zero-order chi connectivity index (χ0) is 29.6. The van der Waals surface area contributed by atoms with Gasteiger partial charge in [-0.15, -0.1) is 0 Å². The number of pyridine rings is 1. The number of carbonyl (C=O) groups is 1. The first-order valence-electron chi connectivity index (χ1n) is 14.6. The Morgan fingerprint density at radius 2 is 1.86 bits per heavy atom. The van der Waals surface area contributed by atoms with Gasteiger partial charge in [0.05, 0.1) is 23.0 Å². The molecule has 4 atom stereocenters. The van der Waals surface area contributed by atoms with Gasteiger partial charge in [-0.1, -0.05) is 6.92 Å². The summed E-state index contributed by atoms with van der Waals surface area (Å²) >= 11 is 0. The van der Waals surface area contributed by atoms with Crippen molar-refractivity contribution in [3.8, 4) is 11.3 Å². The van der Waals surface area contributed by atoms with Crippen LogP contribution in [0.4, 0.5) is 13.2 Å². The van der Waals surface area contributed by atoms with E-state index in [2.05, 4.69) is 27.3 Å². The molecule has 2 fully saturated rings. The van der Waals surface area contributed by atoms with Gasteiger partial charge in [0.2, 0.25) is 5.91 Å². The van der Waals surface area contributed by atoms with Gasteiger partial charge in [-0.25, -0.2) is 22.7 Å². The molecule has 0 aliphatic heterocycles. The number of nitrogens with one attached hydrogen (secondary N) is 1. The highest BCUT2D eigenvalue weighted by molar-refractivity contribution is 5.73. The summed E-state index contributed by atoms with van der Waals surface area (Å²) < 4.78 is 47.4. The van der Waals surface area contributed by atoms with Crippen LogP contribution in [-0.2, 0) is 16.9 Å². The summed E-state index contributed by atoms with van der Waals surface area (Å²) in [6.45, 7) is 3.61. The second-order valence-corrected chi connectivity index (χ2v) is 12.0. The van der Waals surface area contributed by atoms with Gasteiger partial charge in [0.25, 0.3) is 0 Å². The van der Waals surface area contributed by atoms with Gasteiger partial charge < -0.3 is 11.1 Å². The van der Waals surface area contributed by atoms with E-state index in [4.69, 9.17) is 5.73 Å². The Labute approximate surface area is 242 Å². The highest BCUT2D eigenvalue weighted by Crippen LogP contribution is 2.44. The number of nitrogens with zero attached hydrogens (tertiary/aromatic N) is 4. The first kappa shape index (κ1) is 28.3. The lowest BCUT2D eigenvalue weighted by atomic mass is 9.72. The van der Waals surface area contributed by atoms with Crippen molar-refractivity contribution in [3.05, 3.63) is 83.1 Å². The fraction of sp³-hybridized carbons (Fsp3) is 0.438. The monoisotopic (exact) mass is 576 g/mol. The number of imidazole rings is 1. The molecular weight excluding hydrogens is 541 g/mol. The third kappa shape index (κ3) is 5.28. The van der Waals surface area contributed by atoms with Gasteiger partial charge in [-0.2, -0.15) is 5.10 Å². The van der Waals surface area contributed by atoms with Crippen LogP contribution in [0, 0.1) is 17.6 Å². The van der Waals surface area contributed by atoms with Crippen molar-refractivity contribution in [1.82, 2.24) is 24.9 Å². The number of nitrogens with two attached hydrogens (primary N) is 1. The Bertz CT molecular complexity index is 1600. The summed E-state index contributed by atoms with van der Waals surface area (Å²) in [5, 5.41) is 7.57. The molecule has 4 aromatic rings. The van der Waals surface area contributed by atoms with Crippen LogP contribution in [-0.4, -0.2) is 37.6 Å². The Morgan fingerprint density at radius 1 is 1.12 bits per heavy atom. The Morgan fingerprint density at radius 3 is 2.55 bits per heavy atom. The molecule has 3 N–H and O–H groups in total. The minimum Gasteiger partial charge on any atom is -0.352 e. The van der Waals surface area contributed by atoms with E-state index >= 15 is 13.2 Å². The van der Waals surface area contributed by atoms with E-state index in [-0.39, 0.29) is 59.5 Å². The predicted molar refractivity (Wildman–Crippen MR) is 153 cm³/mol. The number of amides is 1. The van der Waals surface area contributed by atoms with Crippen molar-refractivity contribution in [2.75, 3.05) is 0 Å². The van der Waals surface area contributed by atoms with Crippen molar-refractivity contribution < 1.29 is 18.0 Å². The lowest BCUT2D eigenvalue weighted by Gasteiger charge is -2.39. The van der Waals surface area contributed by atoms with Crippen molar-refractivity contribution in [2.24, 2.45) is 11.7 Å². The number of benzene rings is 1. The van der Waals surface area contributed by atoms with Crippen LogP contribution in [0.25, 0.3) is 16.8 Å². The number of aromatic nitrogens is 4. The Balaban J connectivity index is 1.30. The van der Waals surface area contributed by atoms with Gasteiger partial charge in [-0.3, -0.25) is 9.78 Å². The molecule has 0 radical (unpaired) electrons. The molecule has 0 spiro atoms. The quantitative estimate of drug-likeness (QED) is 0.305. The Hall–Kier alpha value is -3.79. The molecule has 1 amide bonds. The molecule has 7 nitrogen and oxygen atoms in total. The second-order valence-electron chi connectivity index (χ2n) is 12.0. The molecule has 220 valence electrons. The van der Waals surface area contributed by atoms with Crippen molar-refractivity contribution in [2.45, 2.75) is 82.5 Å². The van der Waals surface area contributed by atoms with Crippen LogP contribution in [0.2, 0.25) is 0 Å². The average Bonchev–Trinajstić information content (AvgIpc) is 3.57. The molecule has 0 saturated heterocycles. The summed E-state index contributed by atoms with van der Waals surface area (Å²) in [4.78, 5) is 20.6. The minimum absolute atomic E-state index is 0.0485. The van der Waals surface area contributed by atoms with Gasteiger partial charge in [0.15, 0.2) is 0 Å². The standard InChI is InChI=1S/C32H35F3N6O/c1-18-11-20(12-27(36)31(18)39-19(2)42)24-7-10-37-16-21(24)13-29-38-17-23-5-6-28(40-41(23)29)30-25(33)14-22(15-26(30)34)32(35)8-3-4-9-32/h5-7,10,14-18,20,27,31H,3-4,8-9,11-13,36H2,1-2H3,(H,39,42)/t18-,20+,27+,31-/m0/s1. The van der Waals surface area contributed by atoms with Gasteiger partial charge >= 0.3 is 0 Å². The highest BCUT2D eigenvalue weighted by Gasteiger charge is 2.37. The average molecular weight is 577 g/mol. The number of alkyl halides is 1. The Kier molecular flexibility index (Phi) is 7.51. The summed E-state index contributed by atoms with van der Waals surface area (Å²) in [5.74, 6) is -0.796. The SMILES string of the molecule is CC(=O)N[C@@H]1[C@H](N)C[C@H](c2ccncc2Cc2ncc3ccc(-c4c(F)cc(C5(F)CCCC5)cc4F)nn23)C[C@@H]1C. The molecule has 10 heteroatoms. The lowest BCUT2D eigenvalue weighted by Crippen LogP contribution is -2.54. The van der Waals surface area contributed by atoms with Crippen LogP contribution in [0.3, 0.4) is 0 Å². The van der Waals surface area contributed by atoms with Crippen LogP contribution in [0.15, 0.2) is 48.9 Å². The molecule has 3 heterocycles. The molecular formula is C32H35F3N6O. The summed E-state index contributed by atoms with van der Waals surface area (Å²) in [5.41, 5.74) is 7.44. The maximum Gasteiger partial charge on any atom is 0.217 e. The first-order chi connectivity index (χ1) is 20.1. The molecule has 0 bridgehead atoms. The normalized spacial score (nSPS) is 23.8. The van der Waals surface area contributed by atoms with Gasteiger partial charge in [-0.05, 0) is 97.4 Å². The third-order valence-corrected chi connectivity index (χ3v) is 9.05. The molecule has 0 unspecified atom stereocenters. The smallest absolute Gasteiger partial charge is 0.217 e. The van der Waals surface area contributed by atoms with Crippen molar-refractivity contribution >= 4 is 11.4 Å². The van der Waals surface area contributed by atoms with Gasteiger partial charge in [0, 0.05) is 37.8 Å². The number of halogens is 3. The summed E-state index contributed by atoms with van der Waals surface area (Å²) in [6.07, 6.45) is 9.15. The summed E-state index contributed by atoms with van der Waals surface area (Å²) in [6, 6.07) is 7.23. The van der Waals surface area contributed by atoms with E-state index in [0.29, 0.717) is 37.0 Å². The molecule has 2 aliphatic carbocycles. The third-order valence-electron chi connectivity index (χ3n) is 9.05. The van der Waals surface area contributed by atoms with E-state index in [0.717, 1.165) is 29.7 Å². The van der Waals surface area contributed by atoms with E-state index < -0.39 is 17.3 Å². The highest BCUT2D eigenvalue weighted by atomic mass is 19.1. The minimum atomic E-state index is -1.69. The fourth-order valence-corrected chi connectivity index (χ4v) is 6.97. The van der Waals surface area contributed by atoms with E-state index in [1.54, 1.807) is 29.0 Å². The number of fused-ring (bicyclic) bond motifs is 1. The van der Waals surface area contributed by atoms with E-state index in [9.17, 15) is 4.79 Å².